The maximum Gasteiger partial charge on any atom is 0.234 e. The van der Waals surface area contributed by atoms with Gasteiger partial charge in [0, 0.05) is 26.2 Å². The Bertz CT molecular complexity index is 441. The van der Waals surface area contributed by atoms with Gasteiger partial charge in [-0.1, -0.05) is 12.1 Å². The van der Waals surface area contributed by atoms with Crippen LogP contribution in [0.15, 0.2) is 24.3 Å². The first-order valence-corrected chi connectivity index (χ1v) is 7.13. The molecule has 1 saturated heterocycles. The third-order valence-electron chi connectivity index (χ3n) is 3.26. The van der Waals surface area contributed by atoms with Gasteiger partial charge in [0.25, 0.3) is 0 Å². The number of piperazine rings is 1. The zero-order valence-electron chi connectivity index (χ0n) is 12.8. The lowest BCUT2D eigenvalue weighted by Crippen LogP contribution is -2.47. The molecule has 7 heteroatoms. The number of nitrogens with one attached hydrogen (secondary N) is 2. The summed E-state index contributed by atoms with van der Waals surface area (Å²) < 4.78 is 5.59. The van der Waals surface area contributed by atoms with Crippen LogP contribution in [-0.4, -0.2) is 56.7 Å². The molecule has 1 aliphatic rings. The summed E-state index contributed by atoms with van der Waals surface area (Å²) >= 11 is 0. The number of hydrogen-bond acceptors (Lipinski definition) is 4. The van der Waals surface area contributed by atoms with E-state index in [4.69, 9.17) is 4.74 Å². The van der Waals surface area contributed by atoms with Crippen molar-refractivity contribution < 1.29 is 9.53 Å². The van der Waals surface area contributed by atoms with E-state index in [-0.39, 0.29) is 30.7 Å². The van der Waals surface area contributed by atoms with Crippen LogP contribution in [0.2, 0.25) is 0 Å². The summed E-state index contributed by atoms with van der Waals surface area (Å²) in [5.41, 5.74) is 1.17. The van der Waals surface area contributed by atoms with E-state index in [1.54, 1.807) is 0 Å². The second kappa shape index (κ2) is 11.5. The number of ether oxygens (including phenoxy) is 1. The first-order valence-electron chi connectivity index (χ1n) is 7.13. The molecule has 1 aliphatic heterocycles. The average molecular weight is 350 g/mol. The summed E-state index contributed by atoms with van der Waals surface area (Å²) in [6, 6.07) is 7.91. The highest BCUT2D eigenvalue weighted by Gasteiger charge is 2.12. The Kier molecular flexibility index (Phi) is 11.0. The predicted molar refractivity (Wildman–Crippen MR) is 93.5 cm³/mol. The van der Waals surface area contributed by atoms with Crippen molar-refractivity contribution >= 4 is 30.7 Å². The smallest absolute Gasteiger partial charge is 0.234 e. The molecule has 0 bridgehead atoms. The van der Waals surface area contributed by atoms with E-state index in [1.807, 2.05) is 31.2 Å². The molecule has 0 radical (unpaired) electrons. The van der Waals surface area contributed by atoms with Gasteiger partial charge in [-0.25, -0.2) is 0 Å². The first-order chi connectivity index (χ1) is 9.74. The number of hydrogen-bond donors (Lipinski definition) is 2. The van der Waals surface area contributed by atoms with Gasteiger partial charge in [-0.15, -0.1) is 24.8 Å². The topological polar surface area (TPSA) is 53.6 Å². The molecule has 2 rings (SSSR count). The van der Waals surface area contributed by atoms with Gasteiger partial charge in [-0.05, 0) is 24.6 Å². The van der Waals surface area contributed by atoms with Crippen molar-refractivity contribution in [2.24, 2.45) is 0 Å². The Morgan fingerprint density at radius 2 is 2.05 bits per heavy atom. The molecule has 1 fully saturated rings. The minimum Gasteiger partial charge on any atom is -0.492 e. The zero-order valence-corrected chi connectivity index (χ0v) is 14.5. The molecule has 0 unspecified atom stereocenters. The standard InChI is InChI=1S/C15H23N3O2.2ClH/c1-13-3-2-4-14(11-13)20-10-7-17-15(19)12-18-8-5-16-6-9-18;;/h2-4,11,16H,5-10,12H2,1H3,(H,17,19);2*1H. The van der Waals surface area contributed by atoms with E-state index >= 15 is 0 Å². The molecule has 0 aliphatic carbocycles. The van der Waals surface area contributed by atoms with E-state index in [0.717, 1.165) is 31.9 Å². The molecule has 126 valence electrons. The first kappa shape index (κ1) is 21.0. The van der Waals surface area contributed by atoms with E-state index in [0.29, 0.717) is 19.7 Å². The second-order valence-electron chi connectivity index (χ2n) is 5.04. The molecular formula is C15H25Cl2N3O2. The third-order valence-corrected chi connectivity index (χ3v) is 3.26. The quantitative estimate of drug-likeness (QED) is 0.758. The Morgan fingerprint density at radius 1 is 1.32 bits per heavy atom. The van der Waals surface area contributed by atoms with Crippen molar-refractivity contribution in [3.05, 3.63) is 29.8 Å². The van der Waals surface area contributed by atoms with Crippen molar-refractivity contribution in [3.8, 4) is 5.75 Å². The van der Waals surface area contributed by atoms with Gasteiger partial charge in [-0.3, -0.25) is 9.69 Å². The Labute approximate surface area is 144 Å². The SMILES string of the molecule is Cc1cccc(OCCNC(=O)CN2CCNCC2)c1.Cl.Cl. The van der Waals surface area contributed by atoms with Gasteiger partial charge in [0.05, 0.1) is 13.1 Å². The van der Waals surface area contributed by atoms with E-state index in [9.17, 15) is 4.79 Å². The molecule has 2 N–H and O–H groups in total. The molecule has 0 atom stereocenters. The third kappa shape index (κ3) is 7.84. The summed E-state index contributed by atoms with van der Waals surface area (Å²) in [6.45, 7) is 7.35. The summed E-state index contributed by atoms with van der Waals surface area (Å²) in [5.74, 6) is 0.918. The average Bonchev–Trinajstić information content (AvgIpc) is 2.45. The lowest BCUT2D eigenvalue weighted by atomic mass is 10.2. The monoisotopic (exact) mass is 349 g/mol. The number of benzene rings is 1. The van der Waals surface area contributed by atoms with Crippen LogP contribution >= 0.6 is 24.8 Å². The predicted octanol–water partition coefficient (Wildman–Crippen LogP) is 1.24. The highest BCUT2D eigenvalue weighted by Crippen LogP contribution is 2.11. The Hall–Kier alpha value is -1.01. The van der Waals surface area contributed by atoms with Gasteiger partial charge < -0.3 is 15.4 Å². The number of carbonyl (C=O) groups is 1. The van der Waals surface area contributed by atoms with Crippen molar-refractivity contribution in [1.29, 1.82) is 0 Å². The number of aryl methyl sites for hydroxylation is 1. The van der Waals surface area contributed by atoms with Gasteiger partial charge >= 0.3 is 0 Å². The Morgan fingerprint density at radius 3 is 2.73 bits per heavy atom. The summed E-state index contributed by atoms with van der Waals surface area (Å²) in [6.07, 6.45) is 0. The van der Waals surface area contributed by atoms with Crippen LogP contribution in [0.4, 0.5) is 0 Å². The number of carbonyl (C=O) groups excluding carboxylic acids is 1. The minimum absolute atomic E-state index is 0. The summed E-state index contributed by atoms with van der Waals surface area (Å²) in [4.78, 5) is 13.9. The molecule has 1 aromatic carbocycles. The Balaban J connectivity index is 0.00000220. The fourth-order valence-corrected chi connectivity index (χ4v) is 2.19. The van der Waals surface area contributed by atoms with Crippen molar-refractivity contribution in [2.75, 3.05) is 45.9 Å². The maximum absolute atomic E-state index is 11.7. The number of halogens is 2. The van der Waals surface area contributed by atoms with E-state index in [1.165, 1.54) is 5.56 Å². The van der Waals surface area contributed by atoms with Crippen LogP contribution in [-0.2, 0) is 4.79 Å². The van der Waals surface area contributed by atoms with Crippen LogP contribution in [0.3, 0.4) is 0 Å². The molecule has 1 amide bonds. The molecule has 0 saturated carbocycles. The van der Waals surface area contributed by atoms with Crippen LogP contribution in [0, 0.1) is 6.92 Å². The van der Waals surface area contributed by atoms with E-state index in [2.05, 4.69) is 15.5 Å². The molecule has 0 aromatic heterocycles. The van der Waals surface area contributed by atoms with E-state index < -0.39 is 0 Å². The van der Waals surface area contributed by atoms with Gasteiger partial charge in [0.15, 0.2) is 0 Å². The molecule has 5 nitrogen and oxygen atoms in total. The minimum atomic E-state index is 0. The molecule has 0 spiro atoms. The van der Waals surface area contributed by atoms with Crippen LogP contribution in [0.5, 0.6) is 5.75 Å². The van der Waals surface area contributed by atoms with Gasteiger partial charge in [0.1, 0.15) is 12.4 Å². The fraction of sp³-hybridized carbons (Fsp3) is 0.533. The number of rotatable bonds is 6. The molecule has 1 aromatic rings. The summed E-state index contributed by atoms with van der Waals surface area (Å²) in [7, 11) is 0. The van der Waals surface area contributed by atoms with Crippen LogP contribution in [0.1, 0.15) is 5.56 Å². The van der Waals surface area contributed by atoms with Gasteiger partial charge in [0.2, 0.25) is 5.91 Å². The molecule has 1 heterocycles. The highest BCUT2D eigenvalue weighted by molar-refractivity contribution is 5.85. The zero-order chi connectivity index (χ0) is 14.2. The molecule has 22 heavy (non-hydrogen) atoms. The van der Waals surface area contributed by atoms with Crippen molar-refractivity contribution in [2.45, 2.75) is 6.92 Å². The number of nitrogens with zero attached hydrogens (tertiary/aromatic N) is 1. The fourth-order valence-electron chi connectivity index (χ4n) is 2.19. The normalized spacial score (nSPS) is 14.4. The maximum atomic E-state index is 11.7. The largest absolute Gasteiger partial charge is 0.492 e. The second-order valence-corrected chi connectivity index (χ2v) is 5.04. The number of amides is 1. The van der Waals surface area contributed by atoms with Gasteiger partial charge in [-0.2, -0.15) is 0 Å². The lowest BCUT2D eigenvalue weighted by molar-refractivity contribution is -0.122. The summed E-state index contributed by atoms with van der Waals surface area (Å²) in [5, 5.41) is 6.16. The van der Waals surface area contributed by atoms with Crippen LogP contribution < -0.4 is 15.4 Å². The highest BCUT2D eigenvalue weighted by atomic mass is 35.5. The van der Waals surface area contributed by atoms with Crippen molar-refractivity contribution in [3.63, 3.8) is 0 Å². The van der Waals surface area contributed by atoms with Crippen LogP contribution in [0.25, 0.3) is 0 Å². The lowest BCUT2D eigenvalue weighted by Gasteiger charge is -2.26. The van der Waals surface area contributed by atoms with Crippen molar-refractivity contribution in [1.82, 2.24) is 15.5 Å². The molecular weight excluding hydrogens is 325 g/mol.